The Morgan fingerprint density at radius 1 is 1.00 bits per heavy atom. The number of carbonyl (C=O) groups excluding carboxylic acids is 3. The van der Waals surface area contributed by atoms with Gasteiger partial charge in [0.25, 0.3) is 0 Å². The maximum Gasteiger partial charge on any atom is 0.407 e. The van der Waals surface area contributed by atoms with E-state index in [1.165, 1.54) is 11.5 Å². The molecule has 3 aromatic rings. The monoisotopic (exact) mass is 599 g/mol. The lowest BCUT2D eigenvalue weighted by atomic mass is 9.96. The molecule has 0 spiro atoms. The van der Waals surface area contributed by atoms with Gasteiger partial charge in [-0.2, -0.15) is 9.36 Å². The van der Waals surface area contributed by atoms with Gasteiger partial charge in [-0.05, 0) is 45.7 Å². The topological polar surface area (TPSA) is 158 Å². The van der Waals surface area contributed by atoms with Gasteiger partial charge in [-0.15, -0.1) is 0 Å². The van der Waals surface area contributed by atoms with Crippen molar-refractivity contribution in [2.45, 2.75) is 39.2 Å². The van der Waals surface area contributed by atoms with Crippen molar-refractivity contribution in [1.29, 1.82) is 0 Å². The Morgan fingerprint density at radius 3 is 2.45 bits per heavy atom. The van der Waals surface area contributed by atoms with Crippen molar-refractivity contribution in [3.8, 4) is 0 Å². The molecule has 0 bridgehead atoms. The predicted octanol–water partition coefficient (Wildman–Crippen LogP) is 2.89. The molecule has 4 heterocycles. The van der Waals surface area contributed by atoms with E-state index < -0.39 is 11.7 Å². The van der Waals surface area contributed by atoms with Crippen molar-refractivity contribution in [3.05, 3.63) is 24.3 Å². The normalized spacial score (nSPS) is 16.4. The minimum atomic E-state index is -0.558. The highest BCUT2D eigenvalue weighted by Gasteiger charge is 2.29. The number of nitrogens with one attached hydrogen (secondary N) is 3. The van der Waals surface area contributed by atoms with Gasteiger partial charge in [0.2, 0.25) is 17.0 Å². The van der Waals surface area contributed by atoms with Gasteiger partial charge in [-0.25, -0.2) is 9.59 Å². The molecule has 0 radical (unpaired) electrons. The molecule has 2 aliphatic rings. The highest BCUT2D eigenvalue weighted by Crippen LogP contribution is 2.27. The van der Waals surface area contributed by atoms with Gasteiger partial charge in [0.15, 0.2) is 11.4 Å². The number of fused-ring (bicyclic) bond motifs is 1. The van der Waals surface area contributed by atoms with Crippen LogP contribution < -0.4 is 25.8 Å². The quantitative estimate of drug-likeness (QED) is 0.345. The van der Waals surface area contributed by atoms with Gasteiger partial charge < -0.3 is 34.6 Å². The van der Waals surface area contributed by atoms with Crippen LogP contribution in [0.5, 0.6) is 0 Å². The van der Waals surface area contributed by atoms with Crippen LogP contribution in [0.2, 0.25) is 0 Å². The first-order chi connectivity index (χ1) is 20.2. The molecule has 0 saturated carbocycles. The second-order valence-electron chi connectivity index (χ2n) is 11.3. The number of piperazine rings is 1. The fourth-order valence-corrected chi connectivity index (χ4v) is 5.61. The van der Waals surface area contributed by atoms with Crippen LogP contribution in [0, 0.1) is 5.92 Å². The van der Waals surface area contributed by atoms with Crippen LogP contribution in [0.4, 0.5) is 26.5 Å². The molecule has 0 atom stereocenters. The zero-order chi connectivity index (χ0) is 29.7. The van der Waals surface area contributed by atoms with Gasteiger partial charge in [-0.3, -0.25) is 10.1 Å². The van der Waals surface area contributed by atoms with Crippen molar-refractivity contribution in [1.82, 2.24) is 30.0 Å². The van der Waals surface area contributed by atoms with E-state index in [2.05, 4.69) is 35.3 Å². The van der Waals surface area contributed by atoms with Crippen LogP contribution in [0.25, 0.3) is 11.0 Å². The van der Waals surface area contributed by atoms with Gasteiger partial charge in [0.1, 0.15) is 5.60 Å². The smallest absolute Gasteiger partial charge is 0.407 e. The average molecular weight is 600 g/mol. The fourth-order valence-electron chi connectivity index (χ4n) is 4.87. The molecule has 3 N–H and O–H groups in total. The van der Waals surface area contributed by atoms with E-state index in [9.17, 15) is 14.4 Å². The van der Waals surface area contributed by atoms with E-state index >= 15 is 0 Å². The van der Waals surface area contributed by atoms with E-state index in [0.717, 1.165) is 10.5 Å². The fraction of sp³-hybridized carbons (Fsp3) is 0.556. The number of piperidine rings is 1. The Bertz CT molecular complexity index is 1390. The molecule has 1 aromatic carbocycles. The number of hydrogen-bond donors (Lipinski definition) is 3. The summed E-state index contributed by atoms with van der Waals surface area (Å²) in [7, 11) is 0. The molecule has 42 heavy (non-hydrogen) atoms. The minimum Gasteiger partial charge on any atom is -0.444 e. The third-order valence-electron chi connectivity index (χ3n) is 7.09. The number of anilines is 3. The van der Waals surface area contributed by atoms with Crippen LogP contribution in [-0.4, -0.2) is 95.4 Å². The maximum atomic E-state index is 12.8. The summed E-state index contributed by atoms with van der Waals surface area (Å²) in [4.78, 5) is 47.9. The molecule has 2 fully saturated rings. The summed E-state index contributed by atoms with van der Waals surface area (Å²) >= 11 is 1.35. The summed E-state index contributed by atoms with van der Waals surface area (Å²) < 4.78 is 15.0. The van der Waals surface area contributed by atoms with Crippen molar-refractivity contribution < 1.29 is 23.6 Å². The SMILES string of the molecule is CC(C)(C)OC(=O)NCCNC(=O)C1CCN(c2nsc(N3CCN(C(=O)Nc4noc5ccccc45)CC3)n2)CC1. The van der Waals surface area contributed by atoms with Crippen molar-refractivity contribution >= 4 is 57.4 Å². The van der Waals surface area contributed by atoms with Crippen LogP contribution in [0.15, 0.2) is 28.8 Å². The number of para-hydroxylation sites is 1. The van der Waals surface area contributed by atoms with Crippen molar-refractivity contribution in [3.63, 3.8) is 0 Å². The number of urea groups is 1. The Balaban J connectivity index is 1.02. The third kappa shape index (κ3) is 7.38. The molecule has 2 saturated heterocycles. The second kappa shape index (κ2) is 12.8. The summed E-state index contributed by atoms with van der Waals surface area (Å²) in [6, 6.07) is 7.19. The summed E-state index contributed by atoms with van der Waals surface area (Å²) in [6.45, 7) is 9.82. The van der Waals surface area contributed by atoms with E-state index in [1.54, 1.807) is 25.7 Å². The largest absolute Gasteiger partial charge is 0.444 e. The van der Waals surface area contributed by atoms with Crippen molar-refractivity contribution in [2.24, 2.45) is 5.92 Å². The lowest BCUT2D eigenvalue weighted by Crippen LogP contribution is -2.50. The van der Waals surface area contributed by atoms with Crippen LogP contribution in [0.3, 0.4) is 0 Å². The van der Waals surface area contributed by atoms with E-state index in [-0.39, 0.29) is 17.9 Å². The van der Waals surface area contributed by atoms with Crippen LogP contribution in [-0.2, 0) is 9.53 Å². The molecule has 226 valence electrons. The molecule has 2 aliphatic heterocycles. The number of hydrogen-bond acceptors (Lipinski definition) is 11. The lowest BCUT2D eigenvalue weighted by Gasteiger charge is -2.34. The molecular weight excluding hydrogens is 562 g/mol. The Hall–Kier alpha value is -4.14. The zero-order valence-corrected chi connectivity index (χ0v) is 24.9. The van der Waals surface area contributed by atoms with Gasteiger partial charge >= 0.3 is 12.1 Å². The zero-order valence-electron chi connectivity index (χ0n) is 24.1. The van der Waals surface area contributed by atoms with Gasteiger partial charge in [0.05, 0.1) is 5.39 Å². The lowest BCUT2D eigenvalue weighted by molar-refractivity contribution is -0.125. The Kier molecular flexibility index (Phi) is 8.94. The molecular formula is C27H37N9O5S. The van der Waals surface area contributed by atoms with Crippen LogP contribution in [0.1, 0.15) is 33.6 Å². The molecule has 4 amide bonds. The average Bonchev–Trinajstić information content (AvgIpc) is 3.63. The van der Waals surface area contributed by atoms with Crippen molar-refractivity contribution in [2.75, 3.05) is 67.5 Å². The molecule has 0 unspecified atom stereocenters. The minimum absolute atomic E-state index is 0.00814. The number of alkyl carbamates (subject to hydrolysis) is 1. The molecule has 0 aliphatic carbocycles. The third-order valence-corrected chi connectivity index (χ3v) is 7.85. The first-order valence-corrected chi connectivity index (χ1v) is 14.9. The number of amides is 4. The van der Waals surface area contributed by atoms with E-state index in [4.69, 9.17) is 14.2 Å². The summed E-state index contributed by atoms with van der Waals surface area (Å²) in [6.07, 6.45) is 0.910. The number of rotatable bonds is 7. The van der Waals surface area contributed by atoms with Crippen LogP contribution >= 0.6 is 11.5 Å². The van der Waals surface area contributed by atoms with Gasteiger partial charge in [0, 0.05) is 69.8 Å². The predicted molar refractivity (Wildman–Crippen MR) is 159 cm³/mol. The maximum absolute atomic E-state index is 12.8. The summed E-state index contributed by atoms with van der Waals surface area (Å²) in [5.41, 5.74) is 0.0683. The standard InChI is InChI=1S/C27H37N9O5S/c1-27(2,3)40-26(39)29-11-10-28-22(37)18-8-12-34(13-9-18)23-31-25(42-33-23)36-16-14-35(15-17-36)24(38)30-21-19-6-4-5-7-20(19)41-32-21/h4-7,18H,8-17H2,1-3H3,(H,28,37)(H,29,39)(H,30,32,38). The Labute approximate surface area is 247 Å². The number of carbonyl (C=O) groups is 3. The second-order valence-corrected chi connectivity index (χ2v) is 12.0. The number of nitrogens with zero attached hydrogens (tertiary/aromatic N) is 6. The molecule has 14 nitrogen and oxygen atoms in total. The summed E-state index contributed by atoms with van der Waals surface area (Å²) in [5.74, 6) is 0.998. The number of ether oxygens (including phenoxy) is 1. The molecule has 15 heteroatoms. The summed E-state index contributed by atoms with van der Waals surface area (Å²) in [5, 5.41) is 14.0. The Morgan fingerprint density at radius 2 is 1.71 bits per heavy atom. The number of benzene rings is 1. The highest BCUT2D eigenvalue weighted by molar-refractivity contribution is 7.09. The first-order valence-electron chi connectivity index (χ1n) is 14.1. The first kappa shape index (κ1) is 29.4. The van der Waals surface area contributed by atoms with E-state index in [1.807, 2.05) is 24.3 Å². The highest BCUT2D eigenvalue weighted by atomic mass is 32.1. The van der Waals surface area contributed by atoms with Gasteiger partial charge in [-0.1, -0.05) is 17.3 Å². The number of aromatic nitrogens is 3. The van der Waals surface area contributed by atoms with E-state index in [0.29, 0.717) is 82.5 Å². The molecule has 5 rings (SSSR count). The molecule has 2 aromatic heterocycles.